The summed E-state index contributed by atoms with van der Waals surface area (Å²) in [4.78, 5) is 24.2. The maximum atomic E-state index is 14.6. The molecule has 0 saturated carbocycles. The third kappa shape index (κ3) is 4.61. The highest BCUT2D eigenvalue weighted by Crippen LogP contribution is 2.43. The lowest BCUT2D eigenvalue weighted by atomic mass is 9.97. The Hall–Kier alpha value is -3.99. The van der Waals surface area contributed by atoms with Crippen molar-refractivity contribution in [3.05, 3.63) is 70.8 Å². The van der Waals surface area contributed by atoms with Gasteiger partial charge < -0.3 is 9.84 Å². The number of carbonyl (C=O) groups excluding carboxylic acids is 2. The number of alkyl halides is 3. The third-order valence-electron chi connectivity index (χ3n) is 5.19. The van der Waals surface area contributed by atoms with Crippen molar-refractivity contribution in [3.8, 4) is 28.3 Å². The molecular weight excluding hydrogens is 504 g/mol. The van der Waals surface area contributed by atoms with E-state index in [0.29, 0.717) is 4.68 Å². The summed E-state index contributed by atoms with van der Waals surface area (Å²) in [7, 11) is 0. The van der Waals surface area contributed by atoms with E-state index in [1.54, 1.807) is 0 Å². The van der Waals surface area contributed by atoms with Crippen LogP contribution in [0.2, 0.25) is 5.02 Å². The van der Waals surface area contributed by atoms with Gasteiger partial charge in [0.25, 0.3) is 0 Å². The van der Waals surface area contributed by atoms with Crippen molar-refractivity contribution in [2.24, 2.45) is 0 Å². The summed E-state index contributed by atoms with van der Waals surface area (Å²) in [5.74, 6) is -2.39. The Kier molecular flexibility index (Phi) is 6.68. The van der Waals surface area contributed by atoms with Gasteiger partial charge in [0.2, 0.25) is 5.91 Å². The number of Topliss-reactive ketones (excluding diaryl/α,β-unsaturated/α-hetero) is 1. The molecule has 2 heterocycles. The Balaban J connectivity index is 1.96. The molecule has 186 valence electrons. The van der Waals surface area contributed by atoms with Gasteiger partial charge in [-0.1, -0.05) is 35.8 Å². The fourth-order valence-electron chi connectivity index (χ4n) is 3.71. The van der Waals surface area contributed by atoms with Gasteiger partial charge in [0, 0.05) is 19.0 Å². The van der Waals surface area contributed by atoms with Crippen molar-refractivity contribution in [2.75, 3.05) is 5.32 Å². The fourth-order valence-corrected chi connectivity index (χ4v) is 3.96. The Bertz CT molecular complexity index is 1460. The minimum absolute atomic E-state index is 0.0138. The van der Waals surface area contributed by atoms with Crippen LogP contribution in [0.15, 0.2) is 53.2 Å². The number of hydrogen-bond donors (Lipinski definition) is 1. The second kappa shape index (κ2) is 9.57. The first-order chi connectivity index (χ1) is 17.0. The molecule has 2 aromatic heterocycles. The summed E-state index contributed by atoms with van der Waals surface area (Å²) < 4.78 is 63.5. The van der Waals surface area contributed by atoms with Gasteiger partial charge in [0.05, 0.1) is 33.6 Å². The van der Waals surface area contributed by atoms with Crippen molar-refractivity contribution >= 4 is 29.0 Å². The van der Waals surface area contributed by atoms with Crippen LogP contribution >= 0.6 is 11.6 Å². The Morgan fingerprint density at radius 2 is 1.89 bits per heavy atom. The highest BCUT2D eigenvalue weighted by molar-refractivity contribution is 6.33. The van der Waals surface area contributed by atoms with Crippen LogP contribution in [0, 0.1) is 5.82 Å². The first kappa shape index (κ1) is 25.1. The van der Waals surface area contributed by atoms with Crippen LogP contribution in [0.3, 0.4) is 0 Å². The first-order valence-corrected chi connectivity index (χ1v) is 10.9. The minimum atomic E-state index is -4.95. The minimum Gasteiger partial charge on any atom is -0.355 e. The van der Waals surface area contributed by atoms with E-state index < -0.39 is 40.7 Å². The van der Waals surface area contributed by atoms with Crippen LogP contribution in [0.1, 0.15) is 36.3 Å². The van der Waals surface area contributed by atoms with Gasteiger partial charge in [0.15, 0.2) is 17.2 Å². The first-order valence-electron chi connectivity index (χ1n) is 10.5. The molecule has 0 radical (unpaired) electrons. The van der Waals surface area contributed by atoms with Crippen LogP contribution in [-0.2, 0) is 11.0 Å². The summed E-state index contributed by atoms with van der Waals surface area (Å²) in [5, 5.41) is 10.0. The number of benzene rings is 2. The SMILES string of the molecule is CCC(=O)c1c(-c2c(F)cccc2Cl)noc1-c1cnn(-c2cccc(NC(C)=O)c2)c1C(F)(F)F. The van der Waals surface area contributed by atoms with Crippen LogP contribution in [0.25, 0.3) is 28.3 Å². The molecule has 0 aliphatic rings. The maximum Gasteiger partial charge on any atom is 0.434 e. The number of anilines is 1. The summed E-state index contributed by atoms with van der Waals surface area (Å²) in [6, 6.07) is 9.39. The highest BCUT2D eigenvalue weighted by atomic mass is 35.5. The molecule has 0 aliphatic carbocycles. The van der Waals surface area contributed by atoms with E-state index in [4.69, 9.17) is 16.1 Å². The Morgan fingerprint density at radius 1 is 1.17 bits per heavy atom. The van der Waals surface area contributed by atoms with Crippen molar-refractivity contribution in [2.45, 2.75) is 26.4 Å². The summed E-state index contributed by atoms with van der Waals surface area (Å²) in [5.41, 5.74) is -2.52. The third-order valence-corrected chi connectivity index (χ3v) is 5.50. The van der Waals surface area contributed by atoms with Gasteiger partial charge >= 0.3 is 6.18 Å². The van der Waals surface area contributed by atoms with E-state index in [-0.39, 0.29) is 39.6 Å². The quantitative estimate of drug-likeness (QED) is 0.230. The van der Waals surface area contributed by atoms with Crippen LogP contribution in [-0.4, -0.2) is 26.6 Å². The Morgan fingerprint density at radius 3 is 2.53 bits per heavy atom. The number of carbonyl (C=O) groups is 2. The summed E-state index contributed by atoms with van der Waals surface area (Å²) >= 11 is 6.12. The van der Waals surface area contributed by atoms with Gasteiger partial charge in [-0.2, -0.15) is 18.3 Å². The fraction of sp³-hybridized carbons (Fsp3) is 0.167. The lowest BCUT2D eigenvalue weighted by Gasteiger charge is -2.13. The maximum absolute atomic E-state index is 14.6. The zero-order chi connectivity index (χ0) is 26.2. The van der Waals surface area contributed by atoms with E-state index in [9.17, 15) is 27.2 Å². The second-order valence-corrected chi connectivity index (χ2v) is 8.06. The normalized spacial score (nSPS) is 11.5. The molecule has 7 nitrogen and oxygen atoms in total. The molecule has 0 atom stereocenters. The molecule has 12 heteroatoms. The number of nitrogens with one attached hydrogen (secondary N) is 1. The lowest BCUT2D eigenvalue weighted by molar-refractivity contribution is -0.142. The average Bonchev–Trinajstić information content (AvgIpc) is 3.43. The lowest BCUT2D eigenvalue weighted by Crippen LogP contribution is -2.15. The number of aromatic nitrogens is 3. The summed E-state index contributed by atoms with van der Waals surface area (Å²) in [6.07, 6.45) is -4.19. The van der Waals surface area contributed by atoms with Gasteiger partial charge in [-0.15, -0.1) is 0 Å². The molecule has 36 heavy (non-hydrogen) atoms. The van der Waals surface area contributed by atoms with Gasteiger partial charge in [-0.05, 0) is 30.3 Å². The standard InChI is InChI=1S/C24H17ClF4N4O3/c1-3-18(35)20-21(19-16(25)8-5-9-17(19)26)32-36-22(20)15-11-30-33(23(15)24(27,28)29)14-7-4-6-13(10-14)31-12(2)34/h4-11H,3H2,1-2H3,(H,31,34). The molecule has 1 amide bonds. The number of rotatable bonds is 6. The number of hydrogen-bond acceptors (Lipinski definition) is 5. The smallest absolute Gasteiger partial charge is 0.355 e. The van der Waals surface area contributed by atoms with Crippen molar-refractivity contribution < 1.29 is 31.7 Å². The molecule has 0 saturated heterocycles. The van der Waals surface area contributed by atoms with Gasteiger partial charge in [0.1, 0.15) is 11.5 Å². The second-order valence-electron chi connectivity index (χ2n) is 7.66. The topological polar surface area (TPSA) is 90.0 Å². The molecule has 4 aromatic rings. The Labute approximate surface area is 206 Å². The number of halogens is 5. The predicted molar refractivity (Wildman–Crippen MR) is 123 cm³/mol. The van der Waals surface area contributed by atoms with Gasteiger partial charge in [-0.3, -0.25) is 9.59 Å². The van der Waals surface area contributed by atoms with Crippen LogP contribution in [0.4, 0.5) is 23.2 Å². The molecule has 0 fully saturated rings. The highest BCUT2D eigenvalue weighted by Gasteiger charge is 2.42. The van der Waals surface area contributed by atoms with Gasteiger partial charge in [-0.25, -0.2) is 9.07 Å². The van der Waals surface area contributed by atoms with Crippen molar-refractivity contribution in [3.63, 3.8) is 0 Å². The van der Waals surface area contributed by atoms with E-state index in [1.807, 2.05) is 0 Å². The molecule has 0 spiro atoms. The van der Waals surface area contributed by atoms with E-state index >= 15 is 0 Å². The molecule has 0 aliphatic heterocycles. The predicted octanol–water partition coefficient (Wildman–Crippen LogP) is 6.56. The molecule has 4 rings (SSSR count). The summed E-state index contributed by atoms with van der Waals surface area (Å²) in [6.45, 7) is 2.75. The molecule has 0 bridgehead atoms. The molecule has 1 N–H and O–H groups in total. The zero-order valence-electron chi connectivity index (χ0n) is 18.8. The van der Waals surface area contributed by atoms with Crippen molar-refractivity contribution in [1.82, 2.24) is 14.9 Å². The molecule has 2 aromatic carbocycles. The molecular formula is C24H17ClF4N4O3. The largest absolute Gasteiger partial charge is 0.434 e. The number of amides is 1. The molecule has 0 unspecified atom stereocenters. The van der Waals surface area contributed by atoms with E-state index in [1.165, 1.54) is 50.2 Å². The average molecular weight is 521 g/mol. The number of ketones is 1. The number of nitrogens with zero attached hydrogens (tertiary/aromatic N) is 3. The van der Waals surface area contributed by atoms with Crippen LogP contribution in [0.5, 0.6) is 0 Å². The van der Waals surface area contributed by atoms with Crippen molar-refractivity contribution in [1.29, 1.82) is 0 Å². The monoisotopic (exact) mass is 520 g/mol. The van der Waals surface area contributed by atoms with E-state index in [2.05, 4.69) is 15.6 Å². The zero-order valence-corrected chi connectivity index (χ0v) is 19.5. The van der Waals surface area contributed by atoms with Crippen LogP contribution < -0.4 is 5.32 Å². The van der Waals surface area contributed by atoms with E-state index in [0.717, 1.165) is 12.3 Å².